The number of rotatable bonds is 1. The molecule has 0 amide bonds. The molecule has 68 valence electrons. The van der Waals surface area contributed by atoms with Crippen molar-refractivity contribution in [2.75, 3.05) is 0 Å². The molecule has 0 unspecified atom stereocenters. The van der Waals surface area contributed by atoms with Crippen LogP contribution in [0.15, 0.2) is 23.1 Å². The summed E-state index contributed by atoms with van der Waals surface area (Å²) >= 11 is 0. The second-order valence-corrected chi connectivity index (χ2v) is 3.54. The highest BCUT2D eigenvalue weighted by atomic mass is 32.3. The Hall–Kier alpha value is -1.48. The molecular weight excluding hydrogens is 200 g/mol. The molecule has 0 spiro atoms. The third-order valence-electron chi connectivity index (χ3n) is 1.34. The minimum Gasteiger partial charge on any atom is -0.206 e. The zero-order valence-electron chi connectivity index (χ0n) is 6.16. The second kappa shape index (κ2) is 3.11. The van der Waals surface area contributed by atoms with E-state index in [2.05, 4.69) is 0 Å². The summed E-state index contributed by atoms with van der Waals surface area (Å²) in [5, 5.41) is 8.30. The number of hydrogen-bond donors (Lipinski definition) is 0. The molecule has 6 heteroatoms. The summed E-state index contributed by atoms with van der Waals surface area (Å²) in [5.41, 5.74) is -0.501. The average molecular weight is 203 g/mol. The maximum absolute atomic E-state index is 12.6. The Labute approximate surface area is 73.4 Å². The van der Waals surface area contributed by atoms with Crippen LogP contribution in [0.1, 0.15) is 5.56 Å². The van der Waals surface area contributed by atoms with Crippen LogP contribution in [0.25, 0.3) is 0 Å². The van der Waals surface area contributed by atoms with Crippen LogP contribution in [-0.2, 0) is 10.2 Å². The molecular formula is C7H3F2NO2S. The van der Waals surface area contributed by atoms with Crippen molar-refractivity contribution < 1.29 is 16.7 Å². The van der Waals surface area contributed by atoms with E-state index in [0.29, 0.717) is 6.07 Å². The van der Waals surface area contributed by atoms with Crippen LogP contribution in [0, 0.1) is 17.1 Å². The highest BCUT2D eigenvalue weighted by molar-refractivity contribution is 7.86. The van der Waals surface area contributed by atoms with Crippen LogP contribution in [0.4, 0.5) is 8.28 Å². The molecule has 0 N–H and O–H groups in total. The second-order valence-electron chi connectivity index (χ2n) is 2.19. The average Bonchev–Trinajstić information content (AvgIpc) is 2.03. The fraction of sp³-hybridized carbons (Fsp3) is 0. The third kappa shape index (κ3) is 2.00. The van der Waals surface area contributed by atoms with Gasteiger partial charge in [-0.25, -0.2) is 4.39 Å². The fourth-order valence-corrected chi connectivity index (χ4v) is 1.23. The SMILES string of the molecule is N#Cc1cc(S(=O)(=O)F)ccc1F. The van der Waals surface area contributed by atoms with Crippen molar-refractivity contribution in [3.63, 3.8) is 0 Å². The van der Waals surface area contributed by atoms with Crippen molar-refractivity contribution in [1.82, 2.24) is 0 Å². The van der Waals surface area contributed by atoms with Crippen molar-refractivity contribution >= 4 is 10.2 Å². The van der Waals surface area contributed by atoms with Gasteiger partial charge in [-0.05, 0) is 18.2 Å². The molecule has 0 fully saturated rings. The molecule has 0 aliphatic carbocycles. The van der Waals surface area contributed by atoms with Gasteiger partial charge in [-0.2, -0.15) is 13.7 Å². The molecule has 0 bridgehead atoms. The molecule has 1 aromatic rings. The minimum atomic E-state index is -4.87. The standard InChI is InChI=1S/C7H3F2NO2S/c8-7-2-1-6(13(9,11)12)3-5(7)4-10/h1-3H. The van der Waals surface area contributed by atoms with E-state index in [4.69, 9.17) is 5.26 Å². The van der Waals surface area contributed by atoms with Gasteiger partial charge >= 0.3 is 10.2 Å². The number of halogens is 2. The van der Waals surface area contributed by atoms with E-state index in [-0.39, 0.29) is 0 Å². The van der Waals surface area contributed by atoms with Crippen molar-refractivity contribution in [2.24, 2.45) is 0 Å². The summed E-state index contributed by atoms with van der Waals surface area (Å²) in [5.74, 6) is -0.880. The Kier molecular flexibility index (Phi) is 2.30. The molecule has 0 aromatic heterocycles. The first-order chi connectivity index (χ1) is 5.95. The van der Waals surface area contributed by atoms with E-state index in [1.165, 1.54) is 6.07 Å². The maximum Gasteiger partial charge on any atom is 0.332 e. The van der Waals surface area contributed by atoms with E-state index < -0.39 is 26.5 Å². The minimum absolute atomic E-state index is 0.501. The highest BCUT2D eigenvalue weighted by Gasteiger charge is 2.14. The first-order valence-electron chi connectivity index (χ1n) is 3.09. The van der Waals surface area contributed by atoms with Gasteiger partial charge in [0.15, 0.2) is 0 Å². The smallest absolute Gasteiger partial charge is 0.206 e. The number of nitrogens with zero attached hydrogens (tertiary/aromatic N) is 1. The van der Waals surface area contributed by atoms with E-state index in [0.717, 1.165) is 12.1 Å². The first-order valence-corrected chi connectivity index (χ1v) is 4.48. The van der Waals surface area contributed by atoms with Crippen LogP contribution in [0.5, 0.6) is 0 Å². The van der Waals surface area contributed by atoms with Crippen LogP contribution >= 0.6 is 0 Å². The number of benzene rings is 1. The summed E-state index contributed by atoms with van der Waals surface area (Å²) in [4.78, 5) is -0.717. The third-order valence-corrected chi connectivity index (χ3v) is 2.16. The summed E-state index contributed by atoms with van der Waals surface area (Å²) in [6.07, 6.45) is 0. The van der Waals surface area contributed by atoms with Gasteiger partial charge in [-0.1, -0.05) is 0 Å². The summed E-state index contributed by atoms with van der Waals surface area (Å²) in [6.45, 7) is 0. The van der Waals surface area contributed by atoms with Crippen LogP contribution < -0.4 is 0 Å². The number of hydrogen-bond acceptors (Lipinski definition) is 3. The van der Waals surface area contributed by atoms with Gasteiger partial charge in [-0.3, -0.25) is 0 Å². The fourth-order valence-electron chi connectivity index (χ4n) is 0.742. The number of nitriles is 1. The van der Waals surface area contributed by atoms with E-state index >= 15 is 0 Å². The zero-order valence-corrected chi connectivity index (χ0v) is 6.98. The lowest BCUT2D eigenvalue weighted by atomic mass is 10.2. The zero-order chi connectivity index (χ0) is 10.1. The van der Waals surface area contributed by atoms with Crippen molar-refractivity contribution in [1.29, 1.82) is 5.26 Å². The largest absolute Gasteiger partial charge is 0.332 e. The maximum atomic E-state index is 12.6. The highest BCUT2D eigenvalue weighted by Crippen LogP contribution is 2.15. The van der Waals surface area contributed by atoms with Gasteiger partial charge in [0, 0.05) is 0 Å². The molecule has 0 aliphatic rings. The molecule has 13 heavy (non-hydrogen) atoms. The van der Waals surface area contributed by atoms with E-state index in [9.17, 15) is 16.7 Å². The van der Waals surface area contributed by atoms with E-state index in [1.807, 2.05) is 0 Å². The van der Waals surface area contributed by atoms with Gasteiger partial charge in [0.2, 0.25) is 0 Å². The Bertz CT molecular complexity index is 476. The van der Waals surface area contributed by atoms with Gasteiger partial charge in [0.05, 0.1) is 10.5 Å². The monoisotopic (exact) mass is 203 g/mol. The predicted octanol–water partition coefficient (Wildman–Crippen LogP) is 1.36. The van der Waals surface area contributed by atoms with Crippen molar-refractivity contribution in [3.8, 4) is 6.07 Å². The Morgan fingerprint density at radius 2 is 2.00 bits per heavy atom. The van der Waals surface area contributed by atoms with Gasteiger partial charge in [0.25, 0.3) is 0 Å². The lowest BCUT2D eigenvalue weighted by molar-refractivity contribution is 0.551. The Morgan fingerprint density at radius 3 is 2.46 bits per heavy atom. The summed E-state index contributed by atoms with van der Waals surface area (Å²) in [7, 11) is -4.87. The topological polar surface area (TPSA) is 57.9 Å². The van der Waals surface area contributed by atoms with Crippen LogP contribution in [0.3, 0.4) is 0 Å². The molecule has 0 radical (unpaired) electrons. The molecule has 1 aromatic carbocycles. The van der Waals surface area contributed by atoms with Crippen molar-refractivity contribution in [2.45, 2.75) is 4.90 Å². The van der Waals surface area contributed by atoms with Gasteiger partial charge in [0.1, 0.15) is 11.9 Å². The lowest BCUT2D eigenvalue weighted by Crippen LogP contribution is -1.94. The predicted molar refractivity (Wildman–Crippen MR) is 39.4 cm³/mol. The Morgan fingerprint density at radius 1 is 1.38 bits per heavy atom. The van der Waals surface area contributed by atoms with Gasteiger partial charge < -0.3 is 0 Å². The van der Waals surface area contributed by atoms with E-state index in [1.54, 1.807) is 0 Å². The Balaban J connectivity index is 3.41. The first kappa shape index (κ1) is 9.61. The molecule has 0 heterocycles. The molecule has 1 rings (SSSR count). The molecule has 0 aliphatic heterocycles. The molecule has 3 nitrogen and oxygen atoms in total. The quantitative estimate of drug-likeness (QED) is 0.647. The molecule has 0 atom stereocenters. The molecule has 0 saturated heterocycles. The van der Waals surface area contributed by atoms with Crippen LogP contribution in [-0.4, -0.2) is 8.42 Å². The van der Waals surface area contributed by atoms with Crippen LogP contribution in [0.2, 0.25) is 0 Å². The van der Waals surface area contributed by atoms with Gasteiger partial charge in [-0.15, -0.1) is 3.89 Å². The lowest BCUT2D eigenvalue weighted by Gasteiger charge is -1.95. The molecule has 0 saturated carbocycles. The summed E-state index contributed by atoms with van der Waals surface area (Å²) < 4.78 is 45.6. The normalized spacial score (nSPS) is 10.8. The van der Waals surface area contributed by atoms with Crippen molar-refractivity contribution in [3.05, 3.63) is 29.6 Å². The summed E-state index contributed by atoms with van der Waals surface area (Å²) in [6, 6.07) is 3.53.